The van der Waals surface area contributed by atoms with Crippen LogP contribution in [-0.2, 0) is 6.04 Å². The first-order chi connectivity index (χ1) is 6.73. The maximum Gasteiger partial charge on any atom is 0.112 e. The first-order valence-electron chi connectivity index (χ1n) is 5.08. The summed E-state index contributed by atoms with van der Waals surface area (Å²) < 4.78 is 0. The van der Waals surface area contributed by atoms with E-state index in [1.165, 1.54) is 17.2 Å². The van der Waals surface area contributed by atoms with E-state index in [9.17, 15) is 0 Å². The lowest BCUT2D eigenvalue weighted by Gasteiger charge is -2.23. The van der Waals surface area contributed by atoms with Gasteiger partial charge in [0.05, 0.1) is 0 Å². The van der Waals surface area contributed by atoms with Gasteiger partial charge in [-0.25, -0.2) is 0 Å². The average Bonchev–Trinajstić information content (AvgIpc) is 2.53. The summed E-state index contributed by atoms with van der Waals surface area (Å²) in [5.74, 6) is 0. The van der Waals surface area contributed by atoms with Crippen LogP contribution in [0.3, 0.4) is 0 Å². The topological polar surface area (TPSA) is 0 Å². The number of fused-ring (bicyclic) bond motifs is 1. The first-order valence-corrected chi connectivity index (χ1v) is 7.52. The molecule has 0 radical (unpaired) electrons. The molecule has 0 N–H and O–H groups in total. The molecule has 1 heterocycles. The molecule has 1 aromatic rings. The van der Waals surface area contributed by atoms with Gasteiger partial charge in [0.15, 0.2) is 0 Å². The van der Waals surface area contributed by atoms with Crippen LogP contribution < -0.4 is 0 Å². The van der Waals surface area contributed by atoms with Gasteiger partial charge >= 0.3 is 0 Å². The fourth-order valence-electron chi connectivity index (χ4n) is 2.47. The molecule has 0 amide bonds. The predicted molar refractivity (Wildman–Crippen MR) is 64.7 cm³/mol. The second-order valence-electron chi connectivity index (χ2n) is 4.12. The normalized spacial score (nSPS) is 22.8. The van der Waals surface area contributed by atoms with Crippen LogP contribution >= 0.6 is 0 Å². The zero-order chi connectivity index (χ0) is 10.2. The van der Waals surface area contributed by atoms with Crippen molar-refractivity contribution in [3.8, 4) is 0 Å². The van der Waals surface area contributed by atoms with E-state index in [2.05, 4.69) is 55.7 Å². The van der Waals surface area contributed by atoms with Crippen LogP contribution in [0.25, 0.3) is 0 Å². The third-order valence-corrected chi connectivity index (χ3v) is 8.02. The van der Waals surface area contributed by atoms with Gasteiger partial charge in [0.2, 0.25) is 0 Å². The highest BCUT2D eigenvalue weighted by Crippen LogP contribution is 2.39. The van der Waals surface area contributed by atoms with Crippen LogP contribution in [0.4, 0.5) is 0 Å². The van der Waals surface area contributed by atoms with Crippen molar-refractivity contribution in [1.29, 1.82) is 0 Å². The van der Waals surface area contributed by atoms with Gasteiger partial charge in [0.1, 0.15) is 8.07 Å². The molecule has 1 heteroatoms. The molecule has 0 spiro atoms. The molecule has 0 saturated carbocycles. The van der Waals surface area contributed by atoms with Crippen molar-refractivity contribution < 1.29 is 0 Å². The van der Waals surface area contributed by atoms with Gasteiger partial charge in [-0.1, -0.05) is 42.6 Å². The molecule has 2 rings (SSSR count). The molecule has 72 valence electrons. The van der Waals surface area contributed by atoms with E-state index >= 15 is 0 Å². The van der Waals surface area contributed by atoms with Gasteiger partial charge in [0, 0.05) is 0 Å². The molecule has 0 aromatic heterocycles. The highest BCUT2D eigenvalue weighted by atomic mass is 28.3. The Balaban J connectivity index is 2.52. The zero-order valence-corrected chi connectivity index (χ0v) is 9.66. The lowest BCUT2D eigenvalue weighted by atomic mass is 10.1. The van der Waals surface area contributed by atoms with Crippen LogP contribution in [0.5, 0.6) is 0 Å². The summed E-state index contributed by atoms with van der Waals surface area (Å²) in [6.45, 7) is 10.3. The van der Waals surface area contributed by atoms with Crippen LogP contribution in [0, 0.1) is 0 Å². The molecule has 0 aliphatic carbocycles. The number of benzene rings is 1. The number of rotatable bonds is 2. The Morgan fingerprint density at radius 1 is 1.29 bits per heavy atom. The molecule has 0 bridgehead atoms. The van der Waals surface area contributed by atoms with Gasteiger partial charge in [-0.2, -0.15) is 0 Å². The minimum atomic E-state index is -1.46. The van der Waals surface area contributed by atoms with Crippen LogP contribution in [0.1, 0.15) is 23.6 Å². The highest BCUT2D eigenvalue weighted by molar-refractivity contribution is 6.90. The summed E-state index contributed by atoms with van der Waals surface area (Å²) in [6.07, 6.45) is 0. The van der Waals surface area contributed by atoms with E-state index in [-0.39, 0.29) is 0 Å². The minimum Gasteiger partial charge on any atom is -0.107 e. The molecule has 0 fully saturated rings. The third kappa shape index (κ3) is 1.12. The van der Waals surface area contributed by atoms with Crippen LogP contribution in [0.2, 0.25) is 0 Å². The molecule has 1 aromatic carbocycles. The Morgan fingerprint density at radius 3 is 2.50 bits per heavy atom. The summed E-state index contributed by atoms with van der Waals surface area (Å²) >= 11 is 0. The molecular weight excluding hydrogens is 184 g/mol. The molecule has 1 unspecified atom stereocenters. The Labute approximate surface area is 87.0 Å². The van der Waals surface area contributed by atoms with E-state index in [0.717, 1.165) is 0 Å². The predicted octanol–water partition coefficient (Wildman–Crippen LogP) is 3.32. The van der Waals surface area contributed by atoms with Crippen LogP contribution in [-0.4, -0.2) is 8.07 Å². The Kier molecular flexibility index (Phi) is 2.20. The van der Waals surface area contributed by atoms with Crippen LogP contribution in [0.15, 0.2) is 48.8 Å². The van der Waals surface area contributed by atoms with Crippen molar-refractivity contribution in [1.82, 2.24) is 0 Å². The smallest absolute Gasteiger partial charge is 0.107 e. The lowest BCUT2D eigenvalue weighted by molar-refractivity contribution is 1.06. The maximum atomic E-state index is 4.01. The molecule has 0 nitrogen and oxygen atoms in total. The van der Waals surface area contributed by atoms with Crippen molar-refractivity contribution >= 4 is 8.07 Å². The lowest BCUT2D eigenvalue weighted by Crippen LogP contribution is -2.34. The molecule has 0 saturated heterocycles. The quantitative estimate of drug-likeness (QED) is 0.642. The SMILES string of the molecule is C=C[Si]1(C=C)Cc2ccccc2C1C. The molecular formula is C13H16Si. The number of hydrogen-bond donors (Lipinski definition) is 0. The van der Waals surface area contributed by atoms with Crippen molar-refractivity contribution in [3.05, 3.63) is 59.9 Å². The van der Waals surface area contributed by atoms with Crippen molar-refractivity contribution in [3.63, 3.8) is 0 Å². The van der Waals surface area contributed by atoms with E-state index in [1.54, 1.807) is 0 Å². The van der Waals surface area contributed by atoms with Crippen molar-refractivity contribution in [2.24, 2.45) is 0 Å². The molecule has 1 aliphatic rings. The largest absolute Gasteiger partial charge is 0.112 e. The third-order valence-electron chi connectivity index (χ3n) is 3.58. The standard InChI is InChI=1S/C13H16Si/c1-4-14(5-2)10-12-8-6-7-9-13(12)11(14)3/h4-9,11H,1-2,10H2,3H3. The second kappa shape index (κ2) is 3.25. The van der Waals surface area contributed by atoms with Gasteiger partial charge in [-0.15, -0.1) is 13.2 Å². The number of hydrogen-bond acceptors (Lipinski definition) is 0. The highest BCUT2D eigenvalue weighted by Gasteiger charge is 2.40. The van der Waals surface area contributed by atoms with Gasteiger partial charge in [-0.05, 0) is 22.7 Å². The molecule has 1 atom stereocenters. The van der Waals surface area contributed by atoms with Crippen molar-refractivity contribution in [2.45, 2.75) is 18.5 Å². The Bertz CT molecular complexity index is 371. The van der Waals surface area contributed by atoms with Gasteiger partial charge < -0.3 is 0 Å². The summed E-state index contributed by atoms with van der Waals surface area (Å²) in [6, 6.07) is 9.95. The zero-order valence-electron chi connectivity index (χ0n) is 8.66. The minimum absolute atomic E-state index is 0.647. The molecule has 14 heavy (non-hydrogen) atoms. The Morgan fingerprint density at radius 2 is 1.93 bits per heavy atom. The summed E-state index contributed by atoms with van der Waals surface area (Å²) in [5.41, 5.74) is 8.04. The summed E-state index contributed by atoms with van der Waals surface area (Å²) in [7, 11) is -1.46. The Hall–Kier alpha value is -1.08. The maximum absolute atomic E-state index is 4.01. The first kappa shape index (κ1) is 9.47. The van der Waals surface area contributed by atoms with Crippen molar-refractivity contribution in [2.75, 3.05) is 0 Å². The average molecular weight is 200 g/mol. The summed E-state index contributed by atoms with van der Waals surface area (Å²) in [5, 5.41) is 0. The van der Waals surface area contributed by atoms with Gasteiger partial charge in [-0.3, -0.25) is 0 Å². The van der Waals surface area contributed by atoms with Gasteiger partial charge in [0.25, 0.3) is 0 Å². The second-order valence-corrected chi connectivity index (χ2v) is 8.38. The van der Waals surface area contributed by atoms with E-state index in [4.69, 9.17) is 0 Å². The fourth-order valence-corrected chi connectivity index (χ4v) is 5.78. The monoisotopic (exact) mass is 200 g/mol. The summed E-state index contributed by atoms with van der Waals surface area (Å²) in [4.78, 5) is 0. The fraction of sp³-hybridized carbons (Fsp3) is 0.231. The van der Waals surface area contributed by atoms with E-state index in [1.807, 2.05) is 0 Å². The van der Waals surface area contributed by atoms with E-state index in [0.29, 0.717) is 5.54 Å². The van der Waals surface area contributed by atoms with E-state index < -0.39 is 8.07 Å². The molecule has 1 aliphatic heterocycles.